The van der Waals surface area contributed by atoms with Crippen LogP contribution < -0.4 is 5.32 Å². The lowest BCUT2D eigenvalue weighted by Crippen LogP contribution is -2.47. The number of rotatable bonds is 63. The zero-order chi connectivity index (χ0) is 60.7. The maximum atomic E-state index is 13.6. The molecular weight excluding hydrogens is 1050 g/mol. The Kier molecular flexibility index (Phi) is 60.1. The van der Waals surface area contributed by atoms with E-state index in [2.05, 4.69) is 99.0 Å². The SMILES string of the molecule is CCCCC/C=C\C/C=C\C/C=C\C/C=C\CCCCCCCC(=O)NC(COP(=O)(O)OCC[N+](C)(C)C)C(/C=C/CCCCCCCCCCCCC)OC(=O)CCCCCCCCCCCCCCC/C=C\C/C=C\CCCCC. The van der Waals surface area contributed by atoms with E-state index in [0.29, 0.717) is 17.4 Å². The Bertz CT molecular complexity index is 1700. The monoisotopic (exact) mass is 1180 g/mol. The van der Waals surface area contributed by atoms with Crippen molar-refractivity contribution < 1.29 is 37.3 Å². The van der Waals surface area contributed by atoms with Crippen LogP contribution in [0.5, 0.6) is 0 Å². The molecule has 1 amide bonds. The van der Waals surface area contributed by atoms with Crippen molar-refractivity contribution in [1.82, 2.24) is 5.32 Å². The zero-order valence-corrected chi connectivity index (χ0v) is 56.1. The lowest BCUT2D eigenvalue weighted by molar-refractivity contribution is -0.870. The van der Waals surface area contributed by atoms with Gasteiger partial charge >= 0.3 is 13.8 Å². The third-order valence-corrected chi connectivity index (χ3v) is 16.3. The molecule has 0 aromatic rings. The third-order valence-electron chi connectivity index (χ3n) is 15.3. The van der Waals surface area contributed by atoms with E-state index in [1.807, 2.05) is 33.3 Å². The molecule has 0 aliphatic rings. The molecule has 0 spiro atoms. The fourth-order valence-electron chi connectivity index (χ4n) is 9.90. The van der Waals surface area contributed by atoms with Gasteiger partial charge in [-0.3, -0.25) is 18.6 Å². The average Bonchev–Trinajstić information content (AvgIpc) is 3.46. The van der Waals surface area contributed by atoms with Crippen molar-refractivity contribution >= 4 is 19.7 Å². The Morgan fingerprint density at radius 1 is 0.422 bits per heavy atom. The molecular formula is C73H134N2O7P+. The van der Waals surface area contributed by atoms with Crippen molar-refractivity contribution in [3.63, 3.8) is 0 Å². The zero-order valence-electron chi connectivity index (χ0n) is 55.2. The number of carbonyl (C=O) groups is 2. The molecule has 0 aromatic heterocycles. The molecule has 2 N–H and O–H groups in total. The Morgan fingerprint density at radius 3 is 1.12 bits per heavy atom. The van der Waals surface area contributed by atoms with E-state index in [1.54, 1.807) is 0 Å². The minimum absolute atomic E-state index is 0.0336. The van der Waals surface area contributed by atoms with Gasteiger partial charge in [-0.05, 0) is 109 Å². The van der Waals surface area contributed by atoms with Crippen LogP contribution in [0.1, 0.15) is 316 Å². The van der Waals surface area contributed by atoms with Gasteiger partial charge in [0.15, 0.2) is 0 Å². The van der Waals surface area contributed by atoms with Gasteiger partial charge in [-0.1, -0.05) is 280 Å². The summed E-state index contributed by atoms with van der Waals surface area (Å²) in [6.07, 6.45) is 83.0. The standard InChI is InChI=1S/C73H133N2O7P/c1-7-10-13-16-19-22-25-28-30-32-34-36-37-39-41-43-45-48-51-54-57-60-63-66-73(77)82-71(64-61-58-55-52-49-46-27-24-21-18-15-12-9-3)70(69-81-83(78,79)80-68-67-75(4,5)6)74-72(76)65-62-59-56-53-50-47-44-42-40-38-35-33-31-29-26-23-20-17-14-11-8-2/h19-20,22-23,28-31,35,38,42,44,61,64,70-71H,7-18,21,24-27,32-34,36-37,39-41,43,45-60,62-63,65-69H2,1-6H3,(H-,74,76,78,79)/p+1/b22-19-,23-20-,30-28-,31-29-,38-35-,44-42-,64-61+. The molecule has 3 atom stereocenters. The summed E-state index contributed by atoms with van der Waals surface area (Å²) in [5.41, 5.74) is 0. The Morgan fingerprint density at radius 2 is 0.735 bits per heavy atom. The van der Waals surface area contributed by atoms with Crippen molar-refractivity contribution in [3.05, 3.63) is 85.1 Å². The summed E-state index contributed by atoms with van der Waals surface area (Å²) in [5.74, 6) is -0.521. The van der Waals surface area contributed by atoms with Gasteiger partial charge in [-0.2, -0.15) is 0 Å². The molecule has 0 heterocycles. The molecule has 0 aliphatic carbocycles. The maximum Gasteiger partial charge on any atom is 0.472 e. The molecule has 10 heteroatoms. The number of unbranched alkanes of at least 4 members (excludes halogenated alkanes) is 35. The van der Waals surface area contributed by atoms with E-state index < -0.39 is 20.0 Å². The Hall–Kier alpha value is -2.81. The van der Waals surface area contributed by atoms with Crippen molar-refractivity contribution in [2.45, 2.75) is 328 Å². The number of likely N-dealkylation sites (N-methyl/N-ethyl adjacent to an activating group) is 1. The Labute approximate surface area is 514 Å². The van der Waals surface area contributed by atoms with Crippen LogP contribution in [0.2, 0.25) is 0 Å². The predicted molar refractivity (Wildman–Crippen MR) is 360 cm³/mol. The van der Waals surface area contributed by atoms with Gasteiger partial charge in [-0.15, -0.1) is 0 Å². The minimum Gasteiger partial charge on any atom is -0.456 e. The largest absolute Gasteiger partial charge is 0.472 e. The van der Waals surface area contributed by atoms with E-state index in [1.165, 1.54) is 180 Å². The second kappa shape index (κ2) is 62.2. The molecule has 83 heavy (non-hydrogen) atoms. The van der Waals surface area contributed by atoms with Crippen LogP contribution in [-0.2, 0) is 27.9 Å². The minimum atomic E-state index is -4.46. The number of quaternary nitrogens is 1. The molecule has 9 nitrogen and oxygen atoms in total. The number of nitrogens with one attached hydrogen (secondary N) is 1. The van der Waals surface area contributed by atoms with Crippen LogP contribution in [-0.4, -0.2) is 74.3 Å². The first-order chi connectivity index (χ1) is 40.4. The summed E-state index contributed by atoms with van der Waals surface area (Å²) in [6.45, 7) is 6.97. The maximum absolute atomic E-state index is 13.6. The molecule has 0 aliphatic heterocycles. The van der Waals surface area contributed by atoms with Crippen LogP contribution in [0.25, 0.3) is 0 Å². The van der Waals surface area contributed by atoms with E-state index in [9.17, 15) is 19.0 Å². The fraction of sp³-hybridized carbons (Fsp3) is 0.781. The highest BCUT2D eigenvalue weighted by Crippen LogP contribution is 2.43. The highest BCUT2D eigenvalue weighted by Gasteiger charge is 2.30. The van der Waals surface area contributed by atoms with E-state index in [-0.39, 0.29) is 31.5 Å². The number of hydrogen-bond acceptors (Lipinski definition) is 6. The number of allylic oxidation sites excluding steroid dienone is 13. The molecule has 0 rings (SSSR count). The first-order valence-electron chi connectivity index (χ1n) is 34.9. The van der Waals surface area contributed by atoms with Crippen molar-refractivity contribution in [1.29, 1.82) is 0 Å². The number of ether oxygens (including phenoxy) is 1. The first kappa shape index (κ1) is 80.2. The second-order valence-electron chi connectivity index (χ2n) is 24.7. The van der Waals surface area contributed by atoms with Crippen molar-refractivity contribution in [3.8, 4) is 0 Å². The van der Waals surface area contributed by atoms with Crippen molar-refractivity contribution in [2.24, 2.45) is 0 Å². The molecule has 0 saturated heterocycles. The lowest BCUT2D eigenvalue weighted by atomic mass is 10.0. The van der Waals surface area contributed by atoms with Gasteiger partial charge in [0.05, 0.1) is 33.8 Å². The van der Waals surface area contributed by atoms with Gasteiger partial charge in [-0.25, -0.2) is 4.57 Å². The normalized spacial score (nSPS) is 14.1. The average molecular weight is 1180 g/mol. The highest BCUT2D eigenvalue weighted by molar-refractivity contribution is 7.47. The summed E-state index contributed by atoms with van der Waals surface area (Å²) in [4.78, 5) is 37.9. The van der Waals surface area contributed by atoms with Crippen LogP contribution in [0.15, 0.2) is 85.1 Å². The third kappa shape index (κ3) is 63.5. The summed E-state index contributed by atoms with van der Waals surface area (Å²) < 4.78 is 30.8. The molecule has 0 fully saturated rings. The predicted octanol–water partition coefficient (Wildman–Crippen LogP) is 22.1. The van der Waals surface area contributed by atoms with Crippen LogP contribution in [0, 0.1) is 0 Å². The number of phosphoric acid groups is 1. The summed E-state index contributed by atoms with van der Waals surface area (Å²) >= 11 is 0. The topological polar surface area (TPSA) is 111 Å². The summed E-state index contributed by atoms with van der Waals surface area (Å²) in [7, 11) is 1.48. The van der Waals surface area contributed by atoms with Crippen LogP contribution in [0.4, 0.5) is 0 Å². The van der Waals surface area contributed by atoms with Crippen molar-refractivity contribution in [2.75, 3.05) is 40.9 Å². The molecule has 0 aromatic carbocycles. The fourth-order valence-corrected chi connectivity index (χ4v) is 10.6. The number of phosphoric ester groups is 1. The number of carbonyl (C=O) groups excluding carboxylic acids is 2. The van der Waals surface area contributed by atoms with Gasteiger partial charge in [0.25, 0.3) is 0 Å². The molecule has 0 saturated carbocycles. The number of nitrogens with zero attached hydrogens (tertiary/aromatic N) is 1. The van der Waals surface area contributed by atoms with E-state index >= 15 is 0 Å². The molecule has 0 bridgehead atoms. The summed E-state index contributed by atoms with van der Waals surface area (Å²) in [5, 5.41) is 3.06. The van der Waals surface area contributed by atoms with E-state index in [4.69, 9.17) is 13.8 Å². The lowest BCUT2D eigenvalue weighted by Gasteiger charge is -2.27. The highest BCUT2D eigenvalue weighted by atomic mass is 31.2. The summed E-state index contributed by atoms with van der Waals surface area (Å²) in [6, 6.07) is -0.863. The first-order valence-corrected chi connectivity index (χ1v) is 36.4. The second-order valence-corrected chi connectivity index (χ2v) is 26.1. The van der Waals surface area contributed by atoms with E-state index in [0.717, 1.165) is 103 Å². The number of amides is 1. The smallest absolute Gasteiger partial charge is 0.456 e. The number of esters is 1. The van der Waals surface area contributed by atoms with Crippen LogP contribution in [0.3, 0.4) is 0 Å². The Balaban J connectivity index is 5.18. The molecule has 3 unspecified atom stereocenters. The quantitative estimate of drug-likeness (QED) is 0.0205. The van der Waals surface area contributed by atoms with Crippen LogP contribution >= 0.6 is 7.82 Å². The molecule has 0 radical (unpaired) electrons. The van der Waals surface area contributed by atoms with Gasteiger partial charge in [0.1, 0.15) is 19.3 Å². The van der Waals surface area contributed by atoms with Gasteiger partial charge in [0.2, 0.25) is 5.91 Å². The number of hydrogen-bond donors (Lipinski definition) is 2. The van der Waals surface area contributed by atoms with Gasteiger partial charge < -0.3 is 19.4 Å². The van der Waals surface area contributed by atoms with Gasteiger partial charge in [0, 0.05) is 12.8 Å². The molecule has 482 valence electrons.